The number of rotatable bonds is 4. The summed E-state index contributed by atoms with van der Waals surface area (Å²) in [5.74, 6) is 2.39. The van der Waals surface area contributed by atoms with Crippen molar-refractivity contribution in [2.45, 2.75) is 33.1 Å². The Morgan fingerprint density at radius 1 is 0.750 bits per heavy atom. The molecule has 1 aliphatic rings. The van der Waals surface area contributed by atoms with Gasteiger partial charge in [0.15, 0.2) is 0 Å². The molecule has 0 unspecified atom stereocenters. The van der Waals surface area contributed by atoms with E-state index in [0.717, 1.165) is 73.4 Å². The smallest absolute Gasteiger partial charge is 0.141 e. The highest BCUT2D eigenvalue weighted by Gasteiger charge is 2.21. The molecule has 218 valence electrons. The molecular formula is C38H34N4O2. The predicted octanol–water partition coefficient (Wildman–Crippen LogP) is 9.66. The fraction of sp³-hybridized carbons (Fsp3) is 0.184. The largest absolute Gasteiger partial charge is 0.457 e. The van der Waals surface area contributed by atoms with Gasteiger partial charge in [0.1, 0.15) is 28.5 Å². The number of benzene rings is 4. The Bertz CT molecular complexity index is 2270. The molecule has 4 aromatic carbocycles. The summed E-state index contributed by atoms with van der Waals surface area (Å²) in [4.78, 5) is 9.36. The number of anilines is 1. The van der Waals surface area contributed by atoms with Crippen LogP contribution in [0, 0.1) is 6.92 Å². The third-order valence-corrected chi connectivity index (χ3v) is 8.57. The van der Waals surface area contributed by atoms with Crippen LogP contribution in [0.2, 0.25) is 0 Å². The molecule has 4 heterocycles. The number of fused-ring (bicyclic) bond motifs is 6. The predicted molar refractivity (Wildman–Crippen MR) is 180 cm³/mol. The summed E-state index contributed by atoms with van der Waals surface area (Å²) < 4.78 is 15.1. The van der Waals surface area contributed by atoms with Crippen LogP contribution < -0.4 is 9.64 Å². The maximum Gasteiger partial charge on any atom is 0.141 e. The van der Waals surface area contributed by atoms with Gasteiger partial charge in [-0.15, -0.1) is 0 Å². The molecule has 0 spiro atoms. The first-order chi connectivity index (χ1) is 21.2. The first kappa shape index (κ1) is 26.4. The summed E-state index contributed by atoms with van der Waals surface area (Å²) in [6, 6.07) is 29.6. The Morgan fingerprint density at radius 3 is 2.41 bits per heavy atom. The van der Waals surface area contributed by atoms with Gasteiger partial charge in [0.2, 0.25) is 0 Å². The fourth-order valence-electron chi connectivity index (χ4n) is 6.23. The van der Waals surface area contributed by atoms with E-state index in [1.165, 1.54) is 11.1 Å². The van der Waals surface area contributed by atoms with E-state index in [4.69, 9.17) is 14.1 Å². The van der Waals surface area contributed by atoms with Crippen LogP contribution in [0.4, 0.5) is 5.69 Å². The molecular weight excluding hydrogens is 544 g/mol. The van der Waals surface area contributed by atoms with Gasteiger partial charge >= 0.3 is 0 Å². The minimum atomic E-state index is -0.0283. The van der Waals surface area contributed by atoms with E-state index >= 15 is 0 Å². The van der Waals surface area contributed by atoms with Gasteiger partial charge in [0.05, 0.1) is 17.7 Å². The highest BCUT2D eigenvalue weighted by atomic mass is 16.5. The fourth-order valence-corrected chi connectivity index (χ4v) is 6.23. The molecule has 0 saturated heterocycles. The van der Waals surface area contributed by atoms with Crippen molar-refractivity contribution in [3.8, 4) is 17.3 Å². The topological polar surface area (TPSA) is 46.7 Å². The van der Waals surface area contributed by atoms with E-state index in [1.54, 1.807) is 0 Å². The van der Waals surface area contributed by atoms with Crippen LogP contribution in [-0.2, 0) is 5.41 Å². The number of furan rings is 1. The zero-order valence-corrected chi connectivity index (χ0v) is 25.6. The molecule has 8 rings (SSSR count). The molecule has 0 radical (unpaired) electrons. The standard InChI is InChI=1S/C38H34N4O2/c1-24-10-13-35-31(16-24)32-22-39-37(21-36(32)44-35)42-33-9-7-6-8-29(33)30-12-11-27(20-34(30)42)43-28-18-25(38(2,3)4)17-26(19-28)41-15-14-40(5)23-41/h6-22H,23H2,1-5H3. The third-order valence-electron chi connectivity index (χ3n) is 8.57. The number of hydrogen-bond acceptors (Lipinski definition) is 5. The van der Waals surface area contributed by atoms with Crippen molar-refractivity contribution in [3.63, 3.8) is 0 Å². The SMILES string of the molecule is Cc1ccc2oc3cc(-n4c5ccccc5c5ccc(Oc6cc(N7C=CN(C)C7)cc(C(C)(C)C)c6)cc54)ncc3c2c1. The second-order valence-electron chi connectivity index (χ2n) is 12.9. The van der Waals surface area contributed by atoms with Gasteiger partial charge in [-0.1, -0.05) is 50.6 Å². The zero-order chi connectivity index (χ0) is 30.2. The number of para-hydroxylation sites is 1. The Balaban J connectivity index is 1.26. The van der Waals surface area contributed by atoms with Crippen molar-refractivity contribution in [1.82, 2.24) is 14.5 Å². The van der Waals surface area contributed by atoms with Crippen molar-refractivity contribution in [3.05, 3.63) is 115 Å². The van der Waals surface area contributed by atoms with Crippen molar-refractivity contribution in [2.24, 2.45) is 0 Å². The van der Waals surface area contributed by atoms with E-state index < -0.39 is 0 Å². The summed E-state index contributed by atoms with van der Waals surface area (Å²) in [6.07, 6.45) is 6.14. The molecule has 6 heteroatoms. The number of nitrogens with zero attached hydrogens (tertiary/aromatic N) is 4. The van der Waals surface area contributed by atoms with E-state index in [-0.39, 0.29) is 5.41 Å². The molecule has 0 atom stereocenters. The summed E-state index contributed by atoms with van der Waals surface area (Å²) >= 11 is 0. The van der Waals surface area contributed by atoms with Gasteiger partial charge < -0.3 is 19.0 Å². The van der Waals surface area contributed by atoms with Crippen molar-refractivity contribution in [2.75, 3.05) is 18.6 Å². The molecule has 0 N–H and O–H groups in total. The quantitative estimate of drug-likeness (QED) is 0.208. The van der Waals surface area contributed by atoms with Crippen LogP contribution in [0.3, 0.4) is 0 Å². The normalized spacial score (nSPS) is 13.8. The van der Waals surface area contributed by atoms with Gasteiger partial charge in [-0.25, -0.2) is 4.98 Å². The lowest BCUT2D eigenvalue weighted by atomic mass is 9.86. The Labute approximate surface area is 256 Å². The first-order valence-corrected chi connectivity index (χ1v) is 15.0. The van der Waals surface area contributed by atoms with E-state index in [2.05, 4.69) is 134 Å². The molecule has 0 bridgehead atoms. The molecule has 3 aromatic heterocycles. The summed E-state index contributed by atoms with van der Waals surface area (Å²) in [5.41, 5.74) is 7.31. The molecule has 1 aliphatic heterocycles. The summed E-state index contributed by atoms with van der Waals surface area (Å²) in [6.45, 7) is 9.61. The summed E-state index contributed by atoms with van der Waals surface area (Å²) in [5, 5.41) is 4.42. The average Bonchev–Trinajstić information content (AvgIpc) is 3.69. The van der Waals surface area contributed by atoms with Crippen LogP contribution >= 0.6 is 0 Å². The van der Waals surface area contributed by atoms with E-state index in [1.807, 2.05) is 18.3 Å². The van der Waals surface area contributed by atoms with E-state index in [0.29, 0.717) is 0 Å². The minimum absolute atomic E-state index is 0.0283. The maximum atomic E-state index is 6.64. The number of aromatic nitrogens is 2. The Morgan fingerprint density at radius 2 is 1.59 bits per heavy atom. The highest BCUT2D eigenvalue weighted by molar-refractivity contribution is 6.10. The number of pyridine rings is 1. The van der Waals surface area contributed by atoms with Crippen molar-refractivity contribution in [1.29, 1.82) is 0 Å². The minimum Gasteiger partial charge on any atom is -0.457 e. The number of ether oxygens (including phenoxy) is 1. The van der Waals surface area contributed by atoms with Crippen molar-refractivity contribution < 1.29 is 9.15 Å². The van der Waals surface area contributed by atoms with Crippen LogP contribution in [0.5, 0.6) is 11.5 Å². The lowest BCUT2D eigenvalue weighted by Gasteiger charge is -2.25. The number of hydrogen-bond donors (Lipinski definition) is 0. The summed E-state index contributed by atoms with van der Waals surface area (Å²) in [7, 11) is 2.08. The third kappa shape index (κ3) is 4.37. The lowest BCUT2D eigenvalue weighted by molar-refractivity contribution is 0.477. The highest BCUT2D eigenvalue weighted by Crippen LogP contribution is 2.38. The van der Waals surface area contributed by atoms with Crippen molar-refractivity contribution >= 4 is 49.4 Å². The lowest BCUT2D eigenvalue weighted by Crippen LogP contribution is -2.22. The molecule has 0 aliphatic carbocycles. The van der Waals surface area contributed by atoms with E-state index in [9.17, 15) is 0 Å². The van der Waals surface area contributed by atoms with Gasteiger partial charge in [0, 0.05) is 71.1 Å². The van der Waals surface area contributed by atoms with Gasteiger partial charge in [-0.2, -0.15) is 0 Å². The van der Waals surface area contributed by atoms with Gasteiger partial charge in [-0.3, -0.25) is 4.57 Å². The zero-order valence-electron chi connectivity index (χ0n) is 25.6. The molecule has 0 amide bonds. The number of aryl methyl sites for hydroxylation is 1. The molecule has 0 fully saturated rings. The molecule has 7 aromatic rings. The van der Waals surface area contributed by atoms with Crippen LogP contribution in [0.15, 0.2) is 108 Å². The molecule has 44 heavy (non-hydrogen) atoms. The second-order valence-corrected chi connectivity index (χ2v) is 12.9. The monoisotopic (exact) mass is 578 g/mol. The van der Waals surface area contributed by atoms with Crippen LogP contribution in [0.25, 0.3) is 49.6 Å². The first-order valence-electron chi connectivity index (χ1n) is 15.0. The van der Waals surface area contributed by atoms with Gasteiger partial charge in [0.25, 0.3) is 0 Å². The van der Waals surface area contributed by atoms with Crippen LogP contribution in [-0.4, -0.2) is 28.2 Å². The maximum absolute atomic E-state index is 6.64. The Hall–Kier alpha value is -5.23. The van der Waals surface area contributed by atoms with Gasteiger partial charge in [-0.05, 0) is 60.4 Å². The molecule has 6 nitrogen and oxygen atoms in total. The Kier molecular flexibility index (Phi) is 5.79. The average molecular weight is 579 g/mol. The van der Waals surface area contributed by atoms with Crippen LogP contribution in [0.1, 0.15) is 31.9 Å². The second kappa shape index (κ2) is 9.64. The molecule has 0 saturated carbocycles.